The van der Waals surface area contributed by atoms with Crippen LogP contribution in [0, 0.1) is 0 Å². The Morgan fingerprint density at radius 3 is 2.27 bits per heavy atom. The normalized spacial score (nSPS) is 17.7. The van der Waals surface area contributed by atoms with Crippen molar-refractivity contribution in [1.29, 1.82) is 0 Å². The largest absolute Gasteiger partial charge is 0.321 e. The number of aromatic nitrogens is 2. The van der Waals surface area contributed by atoms with E-state index in [1.807, 2.05) is 43.4 Å². The van der Waals surface area contributed by atoms with Crippen LogP contribution >= 0.6 is 0 Å². The van der Waals surface area contributed by atoms with Gasteiger partial charge in [0.1, 0.15) is 5.69 Å². The van der Waals surface area contributed by atoms with Crippen LogP contribution in [0.1, 0.15) is 34.9 Å². The van der Waals surface area contributed by atoms with Gasteiger partial charge in [0.15, 0.2) is 0 Å². The first-order valence-electron chi connectivity index (χ1n) is 11.2. The molecule has 0 spiro atoms. The number of amides is 1. The van der Waals surface area contributed by atoms with Crippen molar-refractivity contribution in [1.82, 2.24) is 19.0 Å². The summed E-state index contributed by atoms with van der Waals surface area (Å²) in [6, 6.07) is 17.8. The molecule has 8 nitrogen and oxygen atoms in total. The summed E-state index contributed by atoms with van der Waals surface area (Å²) in [5.41, 5.74) is 2.74. The van der Waals surface area contributed by atoms with E-state index in [4.69, 9.17) is 0 Å². The highest BCUT2D eigenvalue weighted by Gasteiger charge is 2.30. The first-order valence-corrected chi connectivity index (χ1v) is 12.6. The molecule has 1 saturated heterocycles. The summed E-state index contributed by atoms with van der Waals surface area (Å²) < 4.78 is 29.1. The smallest absolute Gasteiger partial charge is 0.274 e. The zero-order chi connectivity index (χ0) is 23.0. The molecule has 5 rings (SSSR count). The lowest BCUT2D eigenvalue weighted by atomic mass is 10.2. The number of rotatable bonds is 6. The van der Waals surface area contributed by atoms with Gasteiger partial charge < -0.3 is 10.2 Å². The molecule has 1 amide bonds. The second-order valence-electron chi connectivity index (χ2n) is 8.66. The van der Waals surface area contributed by atoms with Gasteiger partial charge in [0.25, 0.3) is 5.91 Å². The van der Waals surface area contributed by atoms with Crippen molar-refractivity contribution in [2.75, 3.05) is 38.5 Å². The van der Waals surface area contributed by atoms with E-state index < -0.39 is 10.0 Å². The van der Waals surface area contributed by atoms with Crippen LogP contribution in [0.5, 0.6) is 0 Å². The Morgan fingerprint density at radius 2 is 1.64 bits per heavy atom. The van der Waals surface area contributed by atoms with Gasteiger partial charge in [0, 0.05) is 37.8 Å². The Hall–Kier alpha value is -3.01. The number of nitrogens with zero attached hydrogens (tertiary/aromatic N) is 4. The van der Waals surface area contributed by atoms with Gasteiger partial charge in [-0.1, -0.05) is 18.2 Å². The van der Waals surface area contributed by atoms with Gasteiger partial charge in [-0.2, -0.15) is 9.40 Å². The van der Waals surface area contributed by atoms with E-state index in [1.54, 1.807) is 28.9 Å². The molecule has 0 bridgehead atoms. The fourth-order valence-electron chi connectivity index (χ4n) is 3.99. The predicted molar refractivity (Wildman–Crippen MR) is 126 cm³/mol. The average molecular weight is 466 g/mol. The molecule has 0 atom stereocenters. The lowest BCUT2D eigenvalue weighted by Gasteiger charge is -2.31. The second-order valence-corrected chi connectivity index (χ2v) is 10.6. The zero-order valence-corrected chi connectivity index (χ0v) is 19.3. The van der Waals surface area contributed by atoms with Crippen molar-refractivity contribution in [3.63, 3.8) is 0 Å². The highest BCUT2D eigenvalue weighted by atomic mass is 32.2. The topological polar surface area (TPSA) is 87.5 Å². The molecule has 1 N–H and O–H groups in total. The number of carbonyl (C=O) groups excluding carboxylic acids is 1. The van der Waals surface area contributed by atoms with E-state index in [1.165, 1.54) is 4.31 Å². The van der Waals surface area contributed by atoms with Crippen molar-refractivity contribution in [3.8, 4) is 5.69 Å². The Labute approximate surface area is 193 Å². The van der Waals surface area contributed by atoms with Gasteiger partial charge in [-0.15, -0.1) is 0 Å². The molecule has 3 aromatic rings. The van der Waals surface area contributed by atoms with Crippen LogP contribution in [0.25, 0.3) is 5.69 Å². The minimum atomic E-state index is -3.55. The number of hydrogen-bond acceptors (Lipinski definition) is 5. The van der Waals surface area contributed by atoms with Gasteiger partial charge in [0.2, 0.25) is 10.0 Å². The lowest BCUT2D eigenvalue weighted by Crippen LogP contribution is -2.46. The van der Waals surface area contributed by atoms with Gasteiger partial charge in [-0.3, -0.25) is 4.79 Å². The molecule has 2 aliphatic rings. The van der Waals surface area contributed by atoms with Crippen molar-refractivity contribution in [2.45, 2.75) is 23.7 Å². The maximum atomic E-state index is 13.1. The molecule has 2 heterocycles. The summed E-state index contributed by atoms with van der Waals surface area (Å²) in [5, 5.41) is 7.57. The van der Waals surface area contributed by atoms with Crippen LogP contribution in [0.3, 0.4) is 0 Å². The molecule has 1 aliphatic carbocycles. The maximum Gasteiger partial charge on any atom is 0.274 e. The van der Waals surface area contributed by atoms with Gasteiger partial charge >= 0.3 is 0 Å². The number of hydrogen-bond donors (Lipinski definition) is 1. The van der Waals surface area contributed by atoms with Crippen LogP contribution in [-0.4, -0.2) is 66.5 Å². The summed E-state index contributed by atoms with van der Waals surface area (Å²) in [7, 11) is -1.56. The fourth-order valence-corrected chi connectivity index (χ4v) is 5.41. The Bertz CT molecular complexity index is 1240. The quantitative estimate of drug-likeness (QED) is 0.605. The van der Waals surface area contributed by atoms with Crippen LogP contribution in [-0.2, 0) is 10.0 Å². The van der Waals surface area contributed by atoms with Crippen molar-refractivity contribution in [2.24, 2.45) is 0 Å². The fraction of sp³-hybridized carbons (Fsp3) is 0.333. The minimum absolute atomic E-state index is 0.232. The first kappa shape index (κ1) is 21.8. The number of para-hydroxylation sites is 1. The van der Waals surface area contributed by atoms with Crippen LogP contribution < -0.4 is 5.32 Å². The van der Waals surface area contributed by atoms with E-state index in [0.29, 0.717) is 43.5 Å². The summed E-state index contributed by atoms with van der Waals surface area (Å²) in [6.07, 6.45) is 2.19. The first-order chi connectivity index (χ1) is 15.9. The lowest BCUT2D eigenvalue weighted by molar-refractivity contribution is 0.101. The number of likely N-dealkylation sites (N-methyl/N-ethyl adjacent to an activating group) is 1. The average Bonchev–Trinajstić information content (AvgIpc) is 3.58. The van der Waals surface area contributed by atoms with Crippen LogP contribution in [0.4, 0.5) is 5.69 Å². The number of benzene rings is 2. The van der Waals surface area contributed by atoms with Crippen LogP contribution in [0.15, 0.2) is 65.6 Å². The SMILES string of the molecule is CN1CCN(S(=O)(=O)c2ccc(NC(=O)c3cc(C4CC4)nn3-c3ccccc3)cc2)CC1. The third-order valence-corrected chi connectivity index (χ3v) is 8.08. The molecule has 1 saturated carbocycles. The highest BCUT2D eigenvalue weighted by molar-refractivity contribution is 7.89. The molecule has 1 aromatic heterocycles. The molecule has 2 aromatic carbocycles. The van der Waals surface area contributed by atoms with Crippen molar-refractivity contribution < 1.29 is 13.2 Å². The minimum Gasteiger partial charge on any atom is -0.321 e. The molecular weight excluding hydrogens is 438 g/mol. The van der Waals surface area contributed by atoms with E-state index >= 15 is 0 Å². The van der Waals surface area contributed by atoms with Crippen molar-refractivity contribution >= 4 is 21.6 Å². The number of nitrogens with one attached hydrogen (secondary N) is 1. The summed E-state index contributed by atoms with van der Waals surface area (Å²) in [5.74, 6) is 0.133. The van der Waals surface area contributed by atoms with E-state index in [2.05, 4.69) is 15.3 Å². The van der Waals surface area contributed by atoms with Gasteiger partial charge in [-0.05, 0) is 62.4 Å². The molecule has 33 heavy (non-hydrogen) atoms. The monoisotopic (exact) mass is 465 g/mol. The zero-order valence-electron chi connectivity index (χ0n) is 18.5. The van der Waals surface area contributed by atoms with Crippen molar-refractivity contribution in [3.05, 3.63) is 72.1 Å². The Kier molecular flexibility index (Phi) is 5.77. The molecule has 172 valence electrons. The standard InChI is InChI=1S/C24H27N5O3S/c1-27-13-15-28(16-14-27)33(31,32)21-11-9-19(10-12-21)25-24(30)23-17-22(18-7-8-18)26-29(23)20-5-3-2-4-6-20/h2-6,9-12,17-18H,7-8,13-16H2,1H3,(H,25,30). The third-order valence-electron chi connectivity index (χ3n) is 6.17. The molecular formula is C24H27N5O3S. The van der Waals surface area contributed by atoms with E-state index in [9.17, 15) is 13.2 Å². The number of carbonyl (C=O) groups is 1. The molecule has 9 heteroatoms. The number of anilines is 1. The highest BCUT2D eigenvalue weighted by Crippen LogP contribution is 2.39. The van der Waals surface area contributed by atoms with E-state index in [0.717, 1.165) is 24.2 Å². The third kappa shape index (κ3) is 4.57. The Balaban J connectivity index is 1.35. The predicted octanol–water partition coefficient (Wildman–Crippen LogP) is 2.94. The summed E-state index contributed by atoms with van der Waals surface area (Å²) in [6.45, 7) is 2.38. The van der Waals surface area contributed by atoms with Gasteiger partial charge in [0.05, 0.1) is 16.3 Å². The summed E-state index contributed by atoms with van der Waals surface area (Å²) in [4.78, 5) is 15.5. The Morgan fingerprint density at radius 1 is 0.970 bits per heavy atom. The van der Waals surface area contributed by atoms with Crippen LogP contribution in [0.2, 0.25) is 0 Å². The molecule has 2 fully saturated rings. The second kappa shape index (κ2) is 8.74. The van der Waals surface area contributed by atoms with E-state index in [-0.39, 0.29) is 10.8 Å². The molecule has 0 unspecified atom stereocenters. The number of piperazine rings is 1. The summed E-state index contributed by atoms with van der Waals surface area (Å²) >= 11 is 0. The number of sulfonamides is 1. The molecule has 1 aliphatic heterocycles. The van der Waals surface area contributed by atoms with Gasteiger partial charge in [-0.25, -0.2) is 13.1 Å². The molecule has 0 radical (unpaired) electrons. The maximum absolute atomic E-state index is 13.1.